The van der Waals surface area contributed by atoms with E-state index in [9.17, 15) is 4.79 Å². The fourth-order valence-corrected chi connectivity index (χ4v) is 1.54. The summed E-state index contributed by atoms with van der Waals surface area (Å²) < 4.78 is 0. The topological polar surface area (TPSA) is 55.1 Å². The molecule has 0 aliphatic carbocycles. The highest BCUT2D eigenvalue weighted by Crippen LogP contribution is 2.07. The Labute approximate surface area is 97.0 Å². The van der Waals surface area contributed by atoms with Crippen molar-refractivity contribution in [1.29, 1.82) is 0 Å². The van der Waals surface area contributed by atoms with Crippen LogP contribution in [0, 0.1) is 6.92 Å². The van der Waals surface area contributed by atoms with Crippen molar-refractivity contribution < 1.29 is 4.79 Å². The lowest BCUT2D eigenvalue weighted by atomic mass is 10.1. The molecule has 1 amide bonds. The van der Waals surface area contributed by atoms with E-state index in [0.717, 1.165) is 24.9 Å². The Morgan fingerprint density at radius 1 is 1.31 bits per heavy atom. The number of rotatable bonds is 6. The number of carbonyl (C=O) groups is 1. The van der Waals surface area contributed by atoms with E-state index < -0.39 is 0 Å². The van der Waals surface area contributed by atoms with E-state index in [4.69, 9.17) is 5.73 Å². The van der Waals surface area contributed by atoms with Crippen LogP contribution < -0.4 is 11.1 Å². The largest absolute Gasteiger partial charge is 0.356 e. The van der Waals surface area contributed by atoms with Gasteiger partial charge in [-0.05, 0) is 37.4 Å². The molecule has 0 unspecified atom stereocenters. The van der Waals surface area contributed by atoms with Crippen molar-refractivity contribution in [1.82, 2.24) is 5.32 Å². The van der Waals surface area contributed by atoms with Gasteiger partial charge >= 0.3 is 0 Å². The normalized spacial score (nSPS) is 10.1. The van der Waals surface area contributed by atoms with Crippen LogP contribution in [-0.2, 0) is 11.2 Å². The van der Waals surface area contributed by atoms with E-state index in [-0.39, 0.29) is 5.91 Å². The zero-order valence-corrected chi connectivity index (χ0v) is 9.83. The number of carbonyl (C=O) groups excluding carboxylic acids is 1. The molecule has 0 radical (unpaired) electrons. The Morgan fingerprint density at radius 3 is 2.75 bits per heavy atom. The second kappa shape index (κ2) is 7.01. The third-order valence-corrected chi connectivity index (χ3v) is 2.57. The summed E-state index contributed by atoms with van der Waals surface area (Å²) in [6, 6.07) is 7.97. The molecule has 3 heteroatoms. The van der Waals surface area contributed by atoms with Crippen LogP contribution in [0.5, 0.6) is 0 Å². The number of aryl methyl sites for hydroxylation is 1. The number of amides is 1. The highest BCUT2D eigenvalue weighted by molar-refractivity contribution is 5.78. The fourth-order valence-electron chi connectivity index (χ4n) is 1.54. The molecule has 0 aliphatic rings. The molecule has 0 aliphatic heterocycles. The second-order valence-electron chi connectivity index (χ2n) is 3.95. The van der Waals surface area contributed by atoms with Gasteiger partial charge in [0.2, 0.25) is 5.91 Å². The van der Waals surface area contributed by atoms with Gasteiger partial charge in [-0.1, -0.05) is 24.3 Å². The minimum Gasteiger partial charge on any atom is -0.356 e. The van der Waals surface area contributed by atoms with Gasteiger partial charge in [0.25, 0.3) is 0 Å². The van der Waals surface area contributed by atoms with Crippen LogP contribution in [0.25, 0.3) is 0 Å². The van der Waals surface area contributed by atoms with E-state index in [2.05, 4.69) is 5.32 Å². The molecule has 0 saturated heterocycles. The summed E-state index contributed by atoms with van der Waals surface area (Å²) in [6.07, 6.45) is 2.38. The zero-order chi connectivity index (χ0) is 11.8. The molecule has 0 aromatic heterocycles. The van der Waals surface area contributed by atoms with E-state index in [0.29, 0.717) is 13.0 Å². The maximum absolute atomic E-state index is 11.6. The first-order chi connectivity index (χ1) is 7.74. The molecule has 0 spiro atoms. The summed E-state index contributed by atoms with van der Waals surface area (Å²) in [6.45, 7) is 3.44. The molecule has 0 bridgehead atoms. The standard InChI is InChI=1S/C13H20N2O/c1-11-6-2-3-7-12(11)10-13(16)15-9-5-4-8-14/h2-3,6-7H,4-5,8-10,14H2,1H3,(H,15,16). The molecule has 1 aromatic carbocycles. The highest BCUT2D eigenvalue weighted by Gasteiger charge is 2.04. The number of nitrogens with two attached hydrogens (primary N) is 1. The minimum absolute atomic E-state index is 0.0892. The first-order valence-corrected chi connectivity index (χ1v) is 5.75. The molecule has 88 valence electrons. The maximum atomic E-state index is 11.6. The smallest absolute Gasteiger partial charge is 0.224 e. The molecule has 0 heterocycles. The third-order valence-electron chi connectivity index (χ3n) is 2.57. The van der Waals surface area contributed by atoms with Crippen LogP contribution in [-0.4, -0.2) is 19.0 Å². The average molecular weight is 220 g/mol. The monoisotopic (exact) mass is 220 g/mol. The fraction of sp³-hybridized carbons (Fsp3) is 0.462. The quantitative estimate of drug-likeness (QED) is 0.712. The summed E-state index contributed by atoms with van der Waals surface area (Å²) in [7, 11) is 0. The summed E-state index contributed by atoms with van der Waals surface area (Å²) in [4.78, 5) is 11.6. The van der Waals surface area contributed by atoms with Crippen LogP contribution in [0.1, 0.15) is 24.0 Å². The van der Waals surface area contributed by atoms with Crippen LogP contribution in [0.2, 0.25) is 0 Å². The Hall–Kier alpha value is -1.35. The van der Waals surface area contributed by atoms with Crippen LogP contribution in [0.3, 0.4) is 0 Å². The number of benzene rings is 1. The van der Waals surface area contributed by atoms with E-state index in [1.807, 2.05) is 31.2 Å². The number of unbranched alkanes of at least 4 members (excludes halogenated alkanes) is 1. The van der Waals surface area contributed by atoms with Gasteiger partial charge in [0.15, 0.2) is 0 Å². The van der Waals surface area contributed by atoms with Crippen molar-refractivity contribution in [2.45, 2.75) is 26.2 Å². The molecule has 16 heavy (non-hydrogen) atoms. The Kier molecular flexibility index (Phi) is 5.57. The predicted octanol–water partition coefficient (Wildman–Crippen LogP) is 1.39. The molecular weight excluding hydrogens is 200 g/mol. The SMILES string of the molecule is Cc1ccccc1CC(=O)NCCCCN. The first-order valence-electron chi connectivity index (χ1n) is 5.75. The Morgan fingerprint density at radius 2 is 2.06 bits per heavy atom. The molecule has 0 fully saturated rings. The lowest BCUT2D eigenvalue weighted by Crippen LogP contribution is -2.26. The molecule has 1 rings (SSSR count). The average Bonchev–Trinajstić information content (AvgIpc) is 2.28. The Balaban J connectivity index is 2.32. The van der Waals surface area contributed by atoms with Gasteiger partial charge in [0, 0.05) is 6.54 Å². The van der Waals surface area contributed by atoms with Crippen molar-refractivity contribution >= 4 is 5.91 Å². The van der Waals surface area contributed by atoms with E-state index in [1.165, 1.54) is 5.56 Å². The molecule has 3 N–H and O–H groups in total. The van der Waals surface area contributed by atoms with Crippen molar-refractivity contribution in [2.75, 3.05) is 13.1 Å². The molecule has 3 nitrogen and oxygen atoms in total. The summed E-state index contributed by atoms with van der Waals surface area (Å²) in [5.74, 6) is 0.0892. The molecular formula is C13H20N2O. The first kappa shape index (κ1) is 12.7. The van der Waals surface area contributed by atoms with Gasteiger partial charge in [-0.25, -0.2) is 0 Å². The predicted molar refractivity (Wildman–Crippen MR) is 66.2 cm³/mol. The van der Waals surface area contributed by atoms with Crippen LogP contribution in [0.4, 0.5) is 0 Å². The van der Waals surface area contributed by atoms with Gasteiger partial charge < -0.3 is 11.1 Å². The summed E-state index contributed by atoms with van der Waals surface area (Å²) >= 11 is 0. The second-order valence-corrected chi connectivity index (χ2v) is 3.95. The molecule has 0 saturated carbocycles. The Bertz CT molecular complexity index is 336. The lowest BCUT2D eigenvalue weighted by molar-refractivity contribution is -0.120. The zero-order valence-electron chi connectivity index (χ0n) is 9.83. The van der Waals surface area contributed by atoms with Crippen LogP contribution >= 0.6 is 0 Å². The van der Waals surface area contributed by atoms with Gasteiger partial charge in [0.05, 0.1) is 6.42 Å². The van der Waals surface area contributed by atoms with Gasteiger partial charge in [-0.2, -0.15) is 0 Å². The van der Waals surface area contributed by atoms with Crippen molar-refractivity contribution in [2.24, 2.45) is 5.73 Å². The third kappa shape index (κ3) is 4.45. The highest BCUT2D eigenvalue weighted by atomic mass is 16.1. The maximum Gasteiger partial charge on any atom is 0.224 e. The van der Waals surface area contributed by atoms with Crippen molar-refractivity contribution in [3.05, 3.63) is 35.4 Å². The molecule has 1 aromatic rings. The van der Waals surface area contributed by atoms with Gasteiger partial charge in [-0.15, -0.1) is 0 Å². The van der Waals surface area contributed by atoms with Gasteiger partial charge in [-0.3, -0.25) is 4.79 Å². The van der Waals surface area contributed by atoms with Crippen LogP contribution in [0.15, 0.2) is 24.3 Å². The molecule has 0 atom stereocenters. The summed E-state index contributed by atoms with van der Waals surface area (Å²) in [5.41, 5.74) is 7.64. The summed E-state index contributed by atoms with van der Waals surface area (Å²) in [5, 5.41) is 2.90. The van der Waals surface area contributed by atoms with E-state index >= 15 is 0 Å². The number of nitrogens with one attached hydrogen (secondary N) is 1. The number of hydrogen-bond acceptors (Lipinski definition) is 2. The van der Waals surface area contributed by atoms with E-state index in [1.54, 1.807) is 0 Å². The number of hydrogen-bond donors (Lipinski definition) is 2. The van der Waals surface area contributed by atoms with Gasteiger partial charge in [0.1, 0.15) is 0 Å². The minimum atomic E-state index is 0.0892. The van der Waals surface area contributed by atoms with Crippen molar-refractivity contribution in [3.8, 4) is 0 Å². The lowest BCUT2D eigenvalue weighted by Gasteiger charge is -2.06. The van der Waals surface area contributed by atoms with Crippen molar-refractivity contribution in [3.63, 3.8) is 0 Å².